The molecule has 6 heteroatoms. The van der Waals surface area contributed by atoms with Crippen LogP contribution in [0.25, 0.3) is 0 Å². The third-order valence-electron chi connectivity index (χ3n) is 3.50. The maximum absolute atomic E-state index is 12.1. The molecule has 0 saturated heterocycles. The molecule has 116 valence electrons. The highest BCUT2D eigenvalue weighted by Crippen LogP contribution is 2.28. The van der Waals surface area contributed by atoms with E-state index in [-0.39, 0.29) is 30.1 Å². The summed E-state index contributed by atoms with van der Waals surface area (Å²) in [5, 5.41) is 5.55. The summed E-state index contributed by atoms with van der Waals surface area (Å²) in [6.07, 6.45) is 1.96. The third-order valence-corrected chi connectivity index (χ3v) is 3.50. The summed E-state index contributed by atoms with van der Waals surface area (Å²) >= 11 is 0. The van der Waals surface area contributed by atoms with Gasteiger partial charge in [0.05, 0.1) is 0 Å². The van der Waals surface area contributed by atoms with Crippen molar-refractivity contribution in [2.75, 3.05) is 13.1 Å². The van der Waals surface area contributed by atoms with Crippen LogP contribution in [0.2, 0.25) is 0 Å². The minimum atomic E-state index is -1.07. The summed E-state index contributed by atoms with van der Waals surface area (Å²) < 4.78 is 0. The van der Waals surface area contributed by atoms with E-state index in [1.54, 1.807) is 6.92 Å². The minimum absolute atomic E-state index is 0. The van der Waals surface area contributed by atoms with Crippen LogP contribution in [0, 0.1) is 5.92 Å². The molecule has 4 N–H and O–H groups in total. The molecule has 1 aromatic carbocycles. The zero-order valence-electron chi connectivity index (χ0n) is 12.1. The second kappa shape index (κ2) is 7.43. The van der Waals surface area contributed by atoms with Crippen molar-refractivity contribution in [1.82, 2.24) is 10.6 Å². The number of rotatable bonds is 6. The quantitative estimate of drug-likeness (QED) is 0.683. The molecule has 1 unspecified atom stereocenters. The second-order valence-electron chi connectivity index (χ2n) is 5.39. The molecule has 1 saturated carbocycles. The summed E-state index contributed by atoms with van der Waals surface area (Å²) in [7, 11) is 0. The van der Waals surface area contributed by atoms with Crippen molar-refractivity contribution < 1.29 is 9.59 Å². The Morgan fingerprint density at radius 2 is 1.76 bits per heavy atom. The molecule has 0 radical (unpaired) electrons. The Labute approximate surface area is 131 Å². The topological polar surface area (TPSA) is 84.2 Å². The molecule has 0 aromatic heterocycles. The fourth-order valence-corrected chi connectivity index (χ4v) is 1.95. The van der Waals surface area contributed by atoms with Crippen LogP contribution in [0.3, 0.4) is 0 Å². The van der Waals surface area contributed by atoms with E-state index < -0.39 is 5.54 Å². The number of nitrogens with one attached hydrogen (secondary N) is 2. The number of hydrogen-bond donors (Lipinski definition) is 3. The van der Waals surface area contributed by atoms with E-state index in [4.69, 9.17) is 5.73 Å². The number of benzene rings is 1. The lowest BCUT2D eigenvalue weighted by Crippen LogP contribution is -2.50. The number of nitrogens with two attached hydrogens (primary N) is 1. The average molecular weight is 312 g/mol. The molecule has 1 aliphatic carbocycles. The van der Waals surface area contributed by atoms with E-state index >= 15 is 0 Å². The normalized spacial score (nSPS) is 16.3. The minimum Gasteiger partial charge on any atom is -0.354 e. The van der Waals surface area contributed by atoms with Gasteiger partial charge in [0.1, 0.15) is 5.54 Å². The average Bonchev–Trinajstić information content (AvgIpc) is 3.28. The van der Waals surface area contributed by atoms with Crippen molar-refractivity contribution in [3.05, 3.63) is 35.9 Å². The van der Waals surface area contributed by atoms with Crippen LogP contribution in [-0.2, 0) is 15.1 Å². The maximum atomic E-state index is 12.1. The van der Waals surface area contributed by atoms with Gasteiger partial charge in [0.2, 0.25) is 11.8 Å². The van der Waals surface area contributed by atoms with E-state index in [0.29, 0.717) is 13.1 Å². The van der Waals surface area contributed by atoms with Gasteiger partial charge >= 0.3 is 0 Å². The van der Waals surface area contributed by atoms with Gasteiger partial charge in [0, 0.05) is 19.0 Å². The lowest BCUT2D eigenvalue weighted by molar-refractivity contribution is -0.126. The second-order valence-corrected chi connectivity index (χ2v) is 5.39. The summed E-state index contributed by atoms with van der Waals surface area (Å²) in [5.74, 6) is 0.0250. The number of carbonyl (C=O) groups excluding carboxylic acids is 2. The largest absolute Gasteiger partial charge is 0.354 e. The van der Waals surface area contributed by atoms with Gasteiger partial charge in [-0.25, -0.2) is 0 Å². The number of hydrogen-bond acceptors (Lipinski definition) is 3. The molecule has 5 nitrogen and oxygen atoms in total. The van der Waals surface area contributed by atoms with E-state index in [0.717, 1.165) is 18.4 Å². The standard InChI is InChI=1S/C15H21N3O2.ClH/c1-15(16,12-5-3-2-4-6-12)14(20)18-10-9-17-13(19)11-7-8-11;/h2-6,11H,7-10,16H2,1H3,(H,17,19)(H,18,20);1H. The molecule has 1 aromatic rings. The van der Waals surface area contributed by atoms with Crippen molar-refractivity contribution in [3.8, 4) is 0 Å². The monoisotopic (exact) mass is 311 g/mol. The van der Waals surface area contributed by atoms with Gasteiger partial charge in [-0.2, -0.15) is 0 Å². The molecule has 0 spiro atoms. The van der Waals surface area contributed by atoms with Crippen LogP contribution in [0.4, 0.5) is 0 Å². The van der Waals surface area contributed by atoms with Crippen molar-refractivity contribution in [2.45, 2.75) is 25.3 Å². The number of amides is 2. The summed E-state index contributed by atoms with van der Waals surface area (Å²) in [6, 6.07) is 9.24. The summed E-state index contributed by atoms with van der Waals surface area (Å²) in [5.41, 5.74) is 5.78. The highest BCUT2D eigenvalue weighted by molar-refractivity contribution is 5.87. The Bertz CT molecular complexity index is 487. The zero-order valence-corrected chi connectivity index (χ0v) is 12.9. The molecule has 21 heavy (non-hydrogen) atoms. The molecule has 0 aliphatic heterocycles. The van der Waals surface area contributed by atoms with E-state index in [1.165, 1.54) is 0 Å². The fraction of sp³-hybridized carbons (Fsp3) is 0.467. The van der Waals surface area contributed by atoms with Crippen molar-refractivity contribution in [2.24, 2.45) is 11.7 Å². The van der Waals surface area contributed by atoms with Gasteiger partial charge in [-0.3, -0.25) is 9.59 Å². The van der Waals surface area contributed by atoms with Crippen molar-refractivity contribution in [1.29, 1.82) is 0 Å². The Morgan fingerprint density at radius 3 is 2.33 bits per heavy atom. The SMILES string of the molecule is CC(N)(C(=O)NCCNC(=O)C1CC1)c1ccccc1.Cl. The fourth-order valence-electron chi connectivity index (χ4n) is 1.95. The highest BCUT2D eigenvalue weighted by atomic mass is 35.5. The van der Waals surface area contributed by atoms with Crippen molar-refractivity contribution >= 4 is 24.2 Å². The third kappa shape index (κ3) is 4.72. The van der Waals surface area contributed by atoms with E-state index in [9.17, 15) is 9.59 Å². The Hall–Kier alpha value is -1.59. The van der Waals surface area contributed by atoms with Gasteiger partial charge < -0.3 is 16.4 Å². The summed E-state index contributed by atoms with van der Waals surface area (Å²) in [4.78, 5) is 23.5. The summed E-state index contributed by atoms with van der Waals surface area (Å²) in [6.45, 7) is 2.50. The van der Waals surface area contributed by atoms with Gasteiger partial charge in [0.25, 0.3) is 0 Å². The molecule has 2 rings (SSSR count). The van der Waals surface area contributed by atoms with Gasteiger partial charge in [-0.05, 0) is 25.3 Å². The molecular formula is C15H22ClN3O2. The van der Waals surface area contributed by atoms with E-state index in [2.05, 4.69) is 10.6 Å². The Morgan fingerprint density at radius 1 is 1.19 bits per heavy atom. The first-order chi connectivity index (χ1) is 9.51. The predicted octanol–water partition coefficient (Wildman–Crippen LogP) is 0.925. The van der Waals surface area contributed by atoms with Gasteiger partial charge in [0.15, 0.2) is 0 Å². The molecule has 1 aliphatic rings. The number of halogens is 1. The van der Waals surface area contributed by atoms with Crippen LogP contribution in [0.1, 0.15) is 25.3 Å². The highest BCUT2D eigenvalue weighted by Gasteiger charge is 2.31. The van der Waals surface area contributed by atoms with Crippen LogP contribution < -0.4 is 16.4 Å². The first-order valence-electron chi connectivity index (χ1n) is 6.92. The Balaban J connectivity index is 0.00000220. The van der Waals surface area contributed by atoms with Gasteiger partial charge in [-0.1, -0.05) is 30.3 Å². The smallest absolute Gasteiger partial charge is 0.244 e. The van der Waals surface area contributed by atoms with Crippen LogP contribution >= 0.6 is 12.4 Å². The molecule has 2 amide bonds. The molecular weight excluding hydrogens is 290 g/mol. The first kappa shape index (κ1) is 17.5. The van der Waals surface area contributed by atoms with Crippen molar-refractivity contribution in [3.63, 3.8) is 0 Å². The molecule has 1 fully saturated rings. The first-order valence-corrected chi connectivity index (χ1v) is 6.92. The predicted molar refractivity (Wildman–Crippen MR) is 84.0 cm³/mol. The molecule has 1 atom stereocenters. The number of carbonyl (C=O) groups is 2. The Kier molecular flexibility index (Phi) is 6.18. The lowest BCUT2D eigenvalue weighted by atomic mass is 9.92. The zero-order chi connectivity index (χ0) is 14.6. The molecule has 0 bridgehead atoms. The lowest BCUT2D eigenvalue weighted by Gasteiger charge is -2.24. The van der Waals surface area contributed by atoms with Gasteiger partial charge in [-0.15, -0.1) is 12.4 Å². The maximum Gasteiger partial charge on any atom is 0.244 e. The van der Waals surface area contributed by atoms with Crippen LogP contribution in [0.15, 0.2) is 30.3 Å². The molecule has 0 heterocycles. The van der Waals surface area contributed by atoms with Crippen LogP contribution in [0.5, 0.6) is 0 Å². The van der Waals surface area contributed by atoms with Crippen LogP contribution in [-0.4, -0.2) is 24.9 Å². The van der Waals surface area contributed by atoms with E-state index in [1.807, 2.05) is 30.3 Å².